The highest BCUT2D eigenvalue weighted by molar-refractivity contribution is 7.89. The van der Waals surface area contributed by atoms with E-state index in [-0.39, 0.29) is 11.1 Å². The summed E-state index contributed by atoms with van der Waals surface area (Å²) in [4.78, 5) is 4.07. The molecular formula is C11H22N4O2S. The molecule has 1 aromatic heterocycles. The Morgan fingerprint density at radius 3 is 2.50 bits per heavy atom. The van der Waals surface area contributed by atoms with Gasteiger partial charge >= 0.3 is 0 Å². The minimum Gasteiger partial charge on any atom is -0.334 e. The van der Waals surface area contributed by atoms with Crippen LogP contribution in [0.4, 0.5) is 0 Å². The van der Waals surface area contributed by atoms with Gasteiger partial charge in [-0.25, -0.2) is 18.1 Å². The van der Waals surface area contributed by atoms with E-state index in [2.05, 4.69) is 9.71 Å². The fourth-order valence-electron chi connectivity index (χ4n) is 1.42. The van der Waals surface area contributed by atoms with E-state index in [1.165, 1.54) is 6.20 Å². The number of nitrogens with zero attached hydrogens (tertiary/aromatic N) is 2. The Bertz CT molecular complexity index is 517. The maximum absolute atomic E-state index is 12.2. The van der Waals surface area contributed by atoms with Crippen molar-refractivity contribution < 1.29 is 8.42 Å². The van der Waals surface area contributed by atoms with Crippen molar-refractivity contribution in [2.24, 2.45) is 5.73 Å². The van der Waals surface area contributed by atoms with Crippen LogP contribution in [0.25, 0.3) is 0 Å². The summed E-state index contributed by atoms with van der Waals surface area (Å²) in [6.07, 6.45) is 1.54. The SMILES string of the molecule is CCn1cc(S(=O)(=O)NC(C)(C)C(C)N)nc1C. The van der Waals surface area contributed by atoms with E-state index >= 15 is 0 Å². The molecule has 1 aromatic rings. The van der Waals surface area contributed by atoms with Gasteiger partial charge < -0.3 is 10.3 Å². The largest absolute Gasteiger partial charge is 0.334 e. The molecule has 0 radical (unpaired) electrons. The molecule has 1 atom stereocenters. The topological polar surface area (TPSA) is 90.0 Å². The summed E-state index contributed by atoms with van der Waals surface area (Å²) in [5, 5.41) is 0.0376. The van der Waals surface area contributed by atoms with Gasteiger partial charge in [0.15, 0.2) is 5.03 Å². The fraction of sp³-hybridized carbons (Fsp3) is 0.727. The molecule has 6 nitrogen and oxygen atoms in total. The van der Waals surface area contributed by atoms with Crippen molar-refractivity contribution in [3.8, 4) is 0 Å². The van der Waals surface area contributed by atoms with E-state index in [0.717, 1.165) is 0 Å². The van der Waals surface area contributed by atoms with Crippen LogP contribution >= 0.6 is 0 Å². The number of rotatable bonds is 5. The van der Waals surface area contributed by atoms with Gasteiger partial charge in [-0.1, -0.05) is 0 Å². The lowest BCUT2D eigenvalue weighted by Gasteiger charge is -2.29. The van der Waals surface area contributed by atoms with Crippen LogP contribution in [0.15, 0.2) is 11.2 Å². The lowest BCUT2D eigenvalue weighted by molar-refractivity contribution is 0.387. The second-order valence-electron chi connectivity index (χ2n) is 5.03. The Morgan fingerprint density at radius 2 is 2.11 bits per heavy atom. The monoisotopic (exact) mass is 274 g/mol. The number of hydrogen-bond donors (Lipinski definition) is 2. The number of aryl methyl sites for hydroxylation is 2. The molecule has 1 heterocycles. The van der Waals surface area contributed by atoms with E-state index in [0.29, 0.717) is 12.4 Å². The average Bonchev–Trinajstić information content (AvgIpc) is 2.58. The molecule has 0 saturated heterocycles. The van der Waals surface area contributed by atoms with Crippen LogP contribution in [0.1, 0.15) is 33.5 Å². The zero-order chi connectivity index (χ0) is 14.1. The first-order chi connectivity index (χ1) is 8.10. The number of sulfonamides is 1. The van der Waals surface area contributed by atoms with Crippen LogP contribution in [0.5, 0.6) is 0 Å². The molecular weight excluding hydrogens is 252 g/mol. The highest BCUT2D eigenvalue weighted by Crippen LogP contribution is 2.14. The third kappa shape index (κ3) is 3.09. The number of nitrogens with two attached hydrogens (primary N) is 1. The van der Waals surface area contributed by atoms with Gasteiger partial charge in [-0.2, -0.15) is 0 Å². The number of hydrogen-bond acceptors (Lipinski definition) is 4. The smallest absolute Gasteiger partial charge is 0.260 e. The maximum Gasteiger partial charge on any atom is 0.260 e. The van der Waals surface area contributed by atoms with Crippen LogP contribution < -0.4 is 10.5 Å². The molecule has 18 heavy (non-hydrogen) atoms. The molecule has 0 fully saturated rings. The number of imidazole rings is 1. The molecule has 0 bridgehead atoms. The molecule has 0 aliphatic rings. The Morgan fingerprint density at radius 1 is 1.56 bits per heavy atom. The second kappa shape index (κ2) is 4.99. The Hall–Kier alpha value is -0.920. The number of nitrogens with one attached hydrogen (secondary N) is 1. The summed E-state index contributed by atoms with van der Waals surface area (Å²) in [6.45, 7) is 9.66. The third-order valence-electron chi connectivity index (χ3n) is 3.11. The van der Waals surface area contributed by atoms with Crippen LogP contribution in [-0.2, 0) is 16.6 Å². The molecule has 3 N–H and O–H groups in total. The number of aromatic nitrogens is 2. The van der Waals surface area contributed by atoms with Gasteiger partial charge in [-0.3, -0.25) is 0 Å². The summed E-state index contributed by atoms with van der Waals surface area (Å²) in [6, 6.07) is -0.304. The van der Waals surface area contributed by atoms with Crippen molar-refractivity contribution in [3.05, 3.63) is 12.0 Å². The van der Waals surface area contributed by atoms with Gasteiger partial charge in [-0.05, 0) is 34.6 Å². The zero-order valence-corrected chi connectivity index (χ0v) is 12.4. The van der Waals surface area contributed by atoms with Gasteiger partial charge in [0.05, 0.1) is 0 Å². The highest BCUT2D eigenvalue weighted by atomic mass is 32.2. The third-order valence-corrected chi connectivity index (χ3v) is 4.65. The normalized spacial score (nSPS) is 14.8. The van der Waals surface area contributed by atoms with Gasteiger partial charge in [-0.15, -0.1) is 0 Å². The fourth-order valence-corrected chi connectivity index (χ4v) is 2.92. The Balaban J connectivity index is 3.07. The Labute approximate surface area is 109 Å². The van der Waals surface area contributed by atoms with Crippen LogP contribution in [-0.4, -0.2) is 29.5 Å². The first kappa shape index (κ1) is 15.1. The summed E-state index contributed by atoms with van der Waals surface area (Å²) < 4.78 is 28.8. The van der Waals surface area contributed by atoms with Crippen molar-refractivity contribution in [2.45, 2.75) is 57.8 Å². The summed E-state index contributed by atoms with van der Waals surface area (Å²) in [5.41, 5.74) is 5.04. The first-order valence-corrected chi connectivity index (χ1v) is 7.42. The summed E-state index contributed by atoms with van der Waals surface area (Å²) in [7, 11) is -3.64. The van der Waals surface area contributed by atoms with Gasteiger partial charge in [0.2, 0.25) is 0 Å². The van der Waals surface area contributed by atoms with E-state index in [1.54, 1.807) is 32.3 Å². The first-order valence-electron chi connectivity index (χ1n) is 5.93. The van der Waals surface area contributed by atoms with Gasteiger partial charge in [0.1, 0.15) is 5.82 Å². The van der Waals surface area contributed by atoms with E-state index in [1.807, 2.05) is 6.92 Å². The van der Waals surface area contributed by atoms with Gasteiger partial charge in [0, 0.05) is 24.3 Å². The van der Waals surface area contributed by atoms with Crippen molar-refractivity contribution in [3.63, 3.8) is 0 Å². The van der Waals surface area contributed by atoms with Crippen LogP contribution in [0.2, 0.25) is 0 Å². The van der Waals surface area contributed by atoms with Crippen molar-refractivity contribution >= 4 is 10.0 Å². The molecule has 0 aliphatic carbocycles. The minimum atomic E-state index is -3.64. The highest BCUT2D eigenvalue weighted by Gasteiger charge is 2.31. The molecule has 0 aliphatic heterocycles. The minimum absolute atomic E-state index is 0.0376. The molecule has 0 saturated carbocycles. The van der Waals surface area contributed by atoms with Crippen molar-refractivity contribution in [1.82, 2.24) is 14.3 Å². The molecule has 1 rings (SSSR count). The summed E-state index contributed by atoms with van der Waals surface area (Å²) >= 11 is 0. The second-order valence-corrected chi connectivity index (χ2v) is 6.66. The quantitative estimate of drug-likeness (QED) is 0.823. The van der Waals surface area contributed by atoms with Crippen molar-refractivity contribution in [1.29, 1.82) is 0 Å². The molecule has 1 unspecified atom stereocenters. The van der Waals surface area contributed by atoms with Crippen LogP contribution in [0, 0.1) is 6.92 Å². The predicted octanol–water partition coefficient (Wildman–Crippen LogP) is 0.616. The zero-order valence-electron chi connectivity index (χ0n) is 11.6. The van der Waals surface area contributed by atoms with E-state index in [9.17, 15) is 8.42 Å². The summed E-state index contributed by atoms with van der Waals surface area (Å²) in [5.74, 6) is 0.677. The Kier molecular flexibility index (Phi) is 4.19. The molecule has 0 aromatic carbocycles. The average molecular weight is 274 g/mol. The lowest BCUT2D eigenvalue weighted by Crippen LogP contribution is -2.54. The molecule has 104 valence electrons. The van der Waals surface area contributed by atoms with E-state index in [4.69, 9.17) is 5.73 Å². The maximum atomic E-state index is 12.2. The van der Waals surface area contributed by atoms with E-state index < -0.39 is 15.6 Å². The lowest BCUT2D eigenvalue weighted by atomic mass is 9.99. The predicted molar refractivity (Wildman–Crippen MR) is 70.7 cm³/mol. The molecule has 7 heteroatoms. The van der Waals surface area contributed by atoms with Crippen molar-refractivity contribution in [2.75, 3.05) is 0 Å². The molecule has 0 amide bonds. The standard InChI is InChI=1S/C11H22N4O2S/c1-6-15-7-10(13-9(15)3)18(16,17)14-11(4,5)8(2)12/h7-8,14H,6,12H2,1-5H3. The van der Waals surface area contributed by atoms with Crippen LogP contribution in [0.3, 0.4) is 0 Å². The van der Waals surface area contributed by atoms with Gasteiger partial charge in [0.25, 0.3) is 10.0 Å². The molecule has 0 spiro atoms.